The molecule has 6 nitrogen and oxygen atoms in total. The molecule has 0 fully saturated rings. The van der Waals surface area contributed by atoms with Crippen LogP contribution in [0.1, 0.15) is 6.92 Å². The number of nitrogens with one attached hydrogen (secondary N) is 2. The number of rotatable bonds is 6. The minimum absolute atomic E-state index is 0.397. The summed E-state index contributed by atoms with van der Waals surface area (Å²) in [5.41, 5.74) is -4.55. The van der Waals surface area contributed by atoms with Crippen molar-refractivity contribution in [1.82, 2.24) is 5.32 Å². The molecule has 2 aromatic carbocycles. The summed E-state index contributed by atoms with van der Waals surface area (Å²) in [6.45, 7) is 0.820. The van der Waals surface area contributed by atoms with Crippen molar-refractivity contribution in [3.8, 4) is 5.75 Å². The fourth-order valence-corrected chi connectivity index (χ4v) is 2.17. The molecule has 0 bridgehead atoms. The number of ether oxygens (including phenoxy) is 2. The number of carbonyl (C=O) groups is 2. The summed E-state index contributed by atoms with van der Waals surface area (Å²) in [7, 11) is 0. The molecule has 2 aromatic rings. The predicted molar refractivity (Wildman–Crippen MR) is 91.0 cm³/mol. The Morgan fingerprint density at radius 2 is 1.69 bits per heavy atom. The van der Waals surface area contributed by atoms with Crippen molar-refractivity contribution >= 4 is 17.7 Å². The Kier molecular flexibility index (Phi) is 6.62. The van der Waals surface area contributed by atoms with Gasteiger partial charge in [0.05, 0.1) is 12.3 Å². The molecule has 156 valence electrons. The van der Waals surface area contributed by atoms with E-state index in [1.807, 2.05) is 0 Å². The fourth-order valence-electron chi connectivity index (χ4n) is 2.17. The summed E-state index contributed by atoms with van der Waals surface area (Å²) in [4.78, 5) is 24.3. The summed E-state index contributed by atoms with van der Waals surface area (Å²) < 4.78 is 77.5. The van der Waals surface area contributed by atoms with Gasteiger partial charge in [-0.3, -0.25) is 5.32 Å². The number of para-hydroxylation sites is 1. The predicted octanol–water partition coefficient (Wildman–Crippen LogP) is 3.99. The van der Waals surface area contributed by atoms with E-state index in [9.17, 15) is 31.5 Å². The van der Waals surface area contributed by atoms with Crippen molar-refractivity contribution in [2.45, 2.75) is 18.8 Å². The molecule has 2 rings (SSSR count). The molecule has 0 aliphatic carbocycles. The van der Waals surface area contributed by atoms with Crippen LogP contribution < -0.4 is 15.4 Å². The second-order valence-electron chi connectivity index (χ2n) is 5.52. The number of halogens is 5. The van der Waals surface area contributed by atoms with Crippen molar-refractivity contribution in [2.75, 3.05) is 11.9 Å². The third kappa shape index (κ3) is 5.12. The van der Waals surface area contributed by atoms with Crippen LogP contribution in [-0.4, -0.2) is 30.5 Å². The molecule has 29 heavy (non-hydrogen) atoms. The Hall–Kier alpha value is -3.37. The Morgan fingerprint density at radius 1 is 1.03 bits per heavy atom. The van der Waals surface area contributed by atoms with E-state index in [4.69, 9.17) is 4.74 Å². The maximum absolute atomic E-state index is 13.9. The lowest BCUT2D eigenvalue weighted by atomic mass is 10.2. The highest BCUT2D eigenvalue weighted by Crippen LogP contribution is 2.34. The second-order valence-corrected chi connectivity index (χ2v) is 5.52. The van der Waals surface area contributed by atoms with Crippen LogP contribution in [0.15, 0.2) is 48.5 Å². The Labute approximate surface area is 161 Å². The molecule has 0 unspecified atom stereocenters. The standard InChI is InChI=1S/C18H15F5N2O4/c1-2-28-15(26)17(18(21,22)23,29-12-6-4-3-5-7-12)25-16(27)24-14-9-8-11(19)10-13(14)20/h3-10H,2H2,1H3,(H2,24,25,27)/t17-/m0/s1. The van der Waals surface area contributed by atoms with Crippen molar-refractivity contribution < 1.29 is 41.0 Å². The molecular formula is C18H15F5N2O4. The molecule has 0 saturated heterocycles. The Balaban J connectivity index is 2.39. The number of anilines is 1. The van der Waals surface area contributed by atoms with E-state index >= 15 is 0 Å². The van der Waals surface area contributed by atoms with Crippen LogP contribution in [-0.2, 0) is 9.53 Å². The van der Waals surface area contributed by atoms with E-state index in [2.05, 4.69) is 4.74 Å². The van der Waals surface area contributed by atoms with Crippen LogP contribution in [0, 0.1) is 11.6 Å². The summed E-state index contributed by atoms with van der Waals surface area (Å²) in [5.74, 6) is -4.54. The molecule has 0 saturated carbocycles. The highest BCUT2D eigenvalue weighted by atomic mass is 19.4. The number of alkyl halides is 3. The number of esters is 1. The highest BCUT2D eigenvalue weighted by Gasteiger charge is 2.66. The quantitative estimate of drug-likeness (QED) is 0.423. The fraction of sp³-hybridized carbons (Fsp3) is 0.222. The number of urea groups is 1. The zero-order valence-corrected chi connectivity index (χ0v) is 14.8. The number of amides is 2. The molecule has 0 aliphatic heterocycles. The monoisotopic (exact) mass is 418 g/mol. The van der Waals surface area contributed by atoms with Crippen LogP contribution in [0.4, 0.5) is 32.4 Å². The second kappa shape index (κ2) is 8.76. The first kappa shape index (κ1) is 21.9. The zero-order chi connectivity index (χ0) is 21.7. The minimum Gasteiger partial charge on any atom is -0.461 e. The normalized spacial score (nSPS) is 13.2. The van der Waals surface area contributed by atoms with Crippen LogP contribution in [0.5, 0.6) is 5.75 Å². The molecule has 0 aliphatic rings. The van der Waals surface area contributed by atoms with Gasteiger partial charge in [0, 0.05) is 6.07 Å². The van der Waals surface area contributed by atoms with Gasteiger partial charge in [-0.2, -0.15) is 13.2 Å². The van der Waals surface area contributed by atoms with Crippen LogP contribution in [0.25, 0.3) is 0 Å². The van der Waals surface area contributed by atoms with E-state index in [0.29, 0.717) is 6.07 Å². The van der Waals surface area contributed by atoms with Gasteiger partial charge >= 0.3 is 23.9 Å². The molecule has 2 amide bonds. The highest BCUT2D eigenvalue weighted by molar-refractivity contribution is 5.94. The topological polar surface area (TPSA) is 76.7 Å². The molecule has 0 aromatic heterocycles. The van der Waals surface area contributed by atoms with Gasteiger partial charge in [0.2, 0.25) is 0 Å². The maximum atomic E-state index is 13.9. The number of benzene rings is 2. The van der Waals surface area contributed by atoms with E-state index < -0.39 is 53.6 Å². The SMILES string of the molecule is CCOC(=O)[C@](NC(=O)Nc1ccc(F)cc1F)(Oc1ccccc1)C(F)(F)F. The third-order valence-electron chi connectivity index (χ3n) is 3.45. The van der Waals surface area contributed by atoms with Gasteiger partial charge in [-0.1, -0.05) is 18.2 Å². The van der Waals surface area contributed by atoms with E-state index in [1.165, 1.54) is 30.4 Å². The molecule has 0 spiro atoms. The van der Waals surface area contributed by atoms with E-state index in [-0.39, 0.29) is 0 Å². The lowest BCUT2D eigenvalue weighted by Crippen LogP contribution is -2.69. The first-order chi connectivity index (χ1) is 13.6. The number of carbonyl (C=O) groups excluding carboxylic acids is 2. The van der Waals surface area contributed by atoms with Gasteiger partial charge in [0.15, 0.2) is 0 Å². The lowest BCUT2D eigenvalue weighted by molar-refractivity contribution is -0.259. The van der Waals surface area contributed by atoms with Gasteiger partial charge in [-0.15, -0.1) is 0 Å². The number of hydrogen-bond acceptors (Lipinski definition) is 4. The van der Waals surface area contributed by atoms with Gasteiger partial charge in [0.1, 0.15) is 17.4 Å². The summed E-state index contributed by atoms with van der Waals surface area (Å²) in [6.07, 6.45) is -5.46. The van der Waals surface area contributed by atoms with Crippen molar-refractivity contribution in [2.24, 2.45) is 0 Å². The molecule has 11 heteroatoms. The van der Waals surface area contributed by atoms with E-state index in [0.717, 1.165) is 24.3 Å². The van der Waals surface area contributed by atoms with Gasteiger partial charge < -0.3 is 14.8 Å². The zero-order valence-electron chi connectivity index (χ0n) is 14.8. The molecule has 0 heterocycles. The summed E-state index contributed by atoms with van der Waals surface area (Å²) in [6, 6.07) is 6.77. The Bertz CT molecular complexity index is 876. The minimum atomic E-state index is -5.46. The van der Waals surface area contributed by atoms with Crippen molar-refractivity contribution in [3.63, 3.8) is 0 Å². The van der Waals surface area contributed by atoms with Gasteiger partial charge in [0.25, 0.3) is 0 Å². The lowest BCUT2D eigenvalue weighted by Gasteiger charge is -2.33. The first-order valence-electron chi connectivity index (χ1n) is 8.11. The first-order valence-corrected chi connectivity index (χ1v) is 8.11. The molecular weight excluding hydrogens is 403 g/mol. The smallest absolute Gasteiger partial charge is 0.460 e. The average molecular weight is 418 g/mol. The van der Waals surface area contributed by atoms with Crippen LogP contribution >= 0.6 is 0 Å². The summed E-state index contributed by atoms with van der Waals surface area (Å²) in [5, 5.41) is 3.13. The molecule has 0 radical (unpaired) electrons. The van der Waals surface area contributed by atoms with E-state index in [1.54, 1.807) is 5.32 Å². The van der Waals surface area contributed by atoms with Gasteiger partial charge in [-0.05, 0) is 31.2 Å². The number of hydrogen-bond donors (Lipinski definition) is 2. The third-order valence-corrected chi connectivity index (χ3v) is 3.45. The molecule has 1 atom stereocenters. The van der Waals surface area contributed by atoms with Crippen LogP contribution in [0.2, 0.25) is 0 Å². The maximum Gasteiger partial charge on any atom is 0.460 e. The van der Waals surface area contributed by atoms with Crippen LogP contribution in [0.3, 0.4) is 0 Å². The molecule has 2 N–H and O–H groups in total. The summed E-state index contributed by atoms with van der Waals surface area (Å²) >= 11 is 0. The Morgan fingerprint density at radius 3 is 2.24 bits per heavy atom. The van der Waals surface area contributed by atoms with Gasteiger partial charge in [-0.25, -0.2) is 18.4 Å². The average Bonchev–Trinajstić information content (AvgIpc) is 2.63. The largest absolute Gasteiger partial charge is 0.461 e. The van der Waals surface area contributed by atoms with Crippen molar-refractivity contribution in [3.05, 3.63) is 60.2 Å². The van der Waals surface area contributed by atoms with Crippen molar-refractivity contribution in [1.29, 1.82) is 0 Å².